The molecule has 0 aliphatic carbocycles. The van der Waals surface area contributed by atoms with Gasteiger partial charge in [-0.15, -0.1) is 0 Å². The van der Waals surface area contributed by atoms with Crippen LogP contribution in [0.5, 0.6) is 11.5 Å². The summed E-state index contributed by atoms with van der Waals surface area (Å²) >= 11 is 0. The van der Waals surface area contributed by atoms with Crippen molar-refractivity contribution < 1.29 is 14.2 Å². The second-order valence-electron chi connectivity index (χ2n) is 3.60. The minimum atomic E-state index is 0.313. The molecule has 0 radical (unpaired) electrons. The maximum Gasteiger partial charge on any atom is 0.126 e. The van der Waals surface area contributed by atoms with Crippen LogP contribution >= 0.6 is 0 Å². The zero-order chi connectivity index (χ0) is 9.38. The Labute approximate surface area is 82.6 Å². The van der Waals surface area contributed by atoms with Gasteiger partial charge in [-0.2, -0.15) is 0 Å². The number of ether oxygens (including phenoxy) is 3. The first-order valence-electron chi connectivity index (χ1n) is 4.92. The van der Waals surface area contributed by atoms with E-state index in [0.29, 0.717) is 12.7 Å². The highest BCUT2D eigenvalue weighted by Gasteiger charge is 2.24. The minimum Gasteiger partial charge on any atom is -0.493 e. The molecule has 0 spiro atoms. The highest BCUT2D eigenvalue weighted by atomic mass is 16.6. The third-order valence-corrected chi connectivity index (χ3v) is 2.53. The maximum absolute atomic E-state index is 5.67. The van der Waals surface area contributed by atoms with Gasteiger partial charge in [-0.05, 0) is 12.1 Å². The standard InChI is InChI=1S/C11H12O3/c1-2-10-9(4-5-12-10)11(3-1)14-7-8-6-13-8/h1-3,8H,4-7H2. The zero-order valence-corrected chi connectivity index (χ0v) is 7.86. The molecule has 0 amide bonds. The Balaban J connectivity index is 1.78. The lowest BCUT2D eigenvalue weighted by Crippen LogP contribution is -2.05. The highest BCUT2D eigenvalue weighted by Crippen LogP contribution is 2.33. The van der Waals surface area contributed by atoms with Crippen LogP contribution in [0.1, 0.15) is 5.56 Å². The number of epoxide rings is 1. The van der Waals surface area contributed by atoms with E-state index in [-0.39, 0.29) is 0 Å². The Morgan fingerprint density at radius 3 is 3.21 bits per heavy atom. The van der Waals surface area contributed by atoms with Crippen molar-refractivity contribution in [2.45, 2.75) is 12.5 Å². The van der Waals surface area contributed by atoms with Gasteiger partial charge in [-0.1, -0.05) is 6.07 Å². The van der Waals surface area contributed by atoms with E-state index in [1.165, 1.54) is 5.56 Å². The molecule has 0 aromatic heterocycles. The fourth-order valence-electron chi connectivity index (χ4n) is 1.67. The molecule has 1 atom stereocenters. The maximum atomic E-state index is 5.67. The van der Waals surface area contributed by atoms with Gasteiger partial charge < -0.3 is 14.2 Å². The fraction of sp³-hybridized carbons (Fsp3) is 0.455. The summed E-state index contributed by atoms with van der Waals surface area (Å²) in [7, 11) is 0. The number of hydrogen-bond donors (Lipinski definition) is 0. The SMILES string of the molecule is c1cc2c(c(OCC3CO3)c1)CCO2. The van der Waals surface area contributed by atoms with Crippen molar-refractivity contribution in [3.05, 3.63) is 23.8 Å². The molecular formula is C11H12O3. The van der Waals surface area contributed by atoms with Crippen molar-refractivity contribution >= 4 is 0 Å². The quantitative estimate of drug-likeness (QED) is 0.678. The van der Waals surface area contributed by atoms with Crippen molar-refractivity contribution in [1.82, 2.24) is 0 Å². The zero-order valence-electron chi connectivity index (χ0n) is 7.86. The van der Waals surface area contributed by atoms with E-state index in [1.54, 1.807) is 0 Å². The van der Waals surface area contributed by atoms with Crippen LogP contribution in [-0.2, 0) is 11.2 Å². The number of benzene rings is 1. The number of rotatable bonds is 3. The van der Waals surface area contributed by atoms with Crippen LogP contribution in [0.25, 0.3) is 0 Å². The van der Waals surface area contributed by atoms with Gasteiger partial charge in [0, 0.05) is 12.0 Å². The lowest BCUT2D eigenvalue weighted by atomic mass is 10.1. The molecule has 1 fully saturated rings. The van der Waals surface area contributed by atoms with Gasteiger partial charge >= 0.3 is 0 Å². The Morgan fingerprint density at radius 2 is 2.36 bits per heavy atom. The largest absolute Gasteiger partial charge is 0.493 e. The molecule has 1 aromatic carbocycles. The molecule has 74 valence electrons. The summed E-state index contributed by atoms with van der Waals surface area (Å²) in [5, 5.41) is 0. The summed E-state index contributed by atoms with van der Waals surface area (Å²) in [5.41, 5.74) is 1.20. The second kappa shape index (κ2) is 3.17. The van der Waals surface area contributed by atoms with Crippen LogP contribution in [-0.4, -0.2) is 25.9 Å². The van der Waals surface area contributed by atoms with E-state index in [4.69, 9.17) is 14.2 Å². The lowest BCUT2D eigenvalue weighted by molar-refractivity contribution is 0.261. The average molecular weight is 192 g/mol. The van der Waals surface area contributed by atoms with Crippen LogP contribution in [0.3, 0.4) is 0 Å². The topological polar surface area (TPSA) is 31.0 Å². The molecule has 0 N–H and O–H groups in total. The normalized spacial score (nSPS) is 22.7. The Bertz CT molecular complexity index is 344. The van der Waals surface area contributed by atoms with Crippen molar-refractivity contribution in [3.8, 4) is 11.5 Å². The van der Waals surface area contributed by atoms with E-state index in [2.05, 4.69) is 0 Å². The molecule has 2 aliphatic rings. The van der Waals surface area contributed by atoms with Crippen molar-refractivity contribution in [2.24, 2.45) is 0 Å². The molecule has 0 saturated carbocycles. The van der Waals surface area contributed by atoms with Crippen molar-refractivity contribution in [1.29, 1.82) is 0 Å². The molecule has 3 heteroatoms. The third kappa shape index (κ3) is 1.44. The minimum absolute atomic E-state index is 0.313. The molecule has 14 heavy (non-hydrogen) atoms. The van der Waals surface area contributed by atoms with E-state index >= 15 is 0 Å². The van der Waals surface area contributed by atoms with Gasteiger partial charge in [0.15, 0.2) is 0 Å². The van der Waals surface area contributed by atoms with E-state index < -0.39 is 0 Å². The summed E-state index contributed by atoms with van der Waals surface area (Å²) in [6.45, 7) is 2.28. The first-order valence-corrected chi connectivity index (χ1v) is 4.92. The Kier molecular flexibility index (Phi) is 1.84. The molecule has 3 rings (SSSR count). The van der Waals surface area contributed by atoms with Crippen LogP contribution in [0.4, 0.5) is 0 Å². The van der Waals surface area contributed by atoms with Crippen LogP contribution in [0, 0.1) is 0 Å². The monoisotopic (exact) mass is 192 g/mol. The summed E-state index contributed by atoms with van der Waals surface area (Å²) in [6.07, 6.45) is 1.27. The van der Waals surface area contributed by atoms with E-state index in [9.17, 15) is 0 Å². The first-order chi connectivity index (χ1) is 6.93. The molecular weight excluding hydrogens is 180 g/mol. The summed E-state index contributed by atoms with van der Waals surface area (Å²) in [6, 6.07) is 5.95. The predicted molar refractivity (Wildman–Crippen MR) is 50.9 cm³/mol. The smallest absolute Gasteiger partial charge is 0.126 e. The van der Waals surface area contributed by atoms with Gasteiger partial charge in [0.1, 0.15) is 24.2 Å². The number of fused-ring (bicyclic) bond motifs is 1. The third-order valence-electron chi connectivity index (χ3n) is 2.53. The van der Waals surface area contributed by atoms with Crippen LogP contribution in [0.15, 0.2) is 18.2 Å². The first kappa shape index (κ1) is 8.12. The second-order valence-corrected chi connectivity index (χ2v) is 3.60. The Hall–Kier alpha value is -1.22. The van der Waals surface area contributed by atoms with Gasteiger partial charge in [0.25, 0.3) is 0 Å². The number of hydrogen-bond acceptors (Lipinski definition) is 3. The van der Waals surface area contributed by atoms with Crippen LogP contribution < -0.4 is 9.47 Å². The fourth-order valence-corrected chi connectivity index (χ4v) is 1.67. The molecule has 0 bridgehead atoms. The molecule has 1 unspecified atom stereocenters. The van der Waals surface area contributed by atoms with Gasteiger partial charge in [-0.25, -0.2) is 0 Å². The molecule has 1 saturated heterocycles. The summed E-state index contributed by atoms with van der Waals surface area (Å²) in [5.74, 6) is 1.93. The molecule has 2 heterocycles. The van der Waals surface area contributed by atoms with Gasteiger partial charge in [-0.3, -0.25) is 0 Å². The predicted octanol–water partition coefficient (Wildman–Crippen LogP) is 1.40. The van der Waals surface area contributed by atoms with Gasteiger partial charge in [0.05, 0.1) is 13.2 Å². The Morgan fingerprint density at radius 1 is 1.43 bits per heavy atom. The van der Waals surface area contributed by atoms with Gasteiger partial charge in [0.2, 0.25) is 0 Å². The highest BCUT2D eigenvalue weighted by molar-refractivity contribution is 5.46. The summed E-state index contributed by atoms with van der Waals surface area (Å²) in [4.78, 5) is 0. The van der Waals surface area contributed by atoms with Crippen molar-refractivity contribution in [2.75, 3.05) is 19.8 Å². The van der Waals surface area contributed by atoms with Crippen molar-refractivity contribution in [3.63, 3.8) is 0 Å². The lowest BCUT2D eigenvalue weighted by Gasteiger charge is -2.07. The molecule has 3 nitrogen and oxygen atoms in total. The molecule has 1 aromatic rings. The van der Waals surface area contributed by atoms with E-state index in [1.807, 2.05) is 18.2 Å². The van der Waals surface area contributed by atoms with Crippen LogP contribution in [0.2, 0.25) is 0 Å². The average Bonchev–Trinajstić information content (AvgIpc) is 2.91. The van der Waals surface area contributed by atoms with E-state index in [0.717, 1.165) is 31.1 Å². The molecule has 2 aliphatic heterocycles. The summed E-state index contributed by atoms with van der Waals surface area (Å²) < 4.78 is 16.2.